The highest BCUT2D eigenvalue weighted by molar-refractivity contribution is 7.92. The summed E-state index contributed by atoms with van der Waals surface area (Å²) < 4.78 is 40.9. The standard InChI is InChI=1S/C22H28FN3O3S/c1-16-6-5-13-26(14-16)15-17(2)24-22(27)18-9-11-19(12-10-18)30(28,29)25-21-8-4-3-7-20(21)23/h3-4,7-12,16-17,25H,5-6,13-15H2,1-2H3,(H,24,27). The van der Waals surface area contributed by atoms with Crippen molar-refractivity contribution in [1.29, 1.82) is 0 Å². The van der Waals surface area contributed by atoms with Crippen molar-refractivity contribution in [3.05, 3.63) is 59.9 Å². The summed E-state index contributed by atoms with van der Waals surface area (Å²) in [5.41, 5.74) is 0.249. The van der Waals surface area contributed by atoms with Crippen LogP contribution in [0.5, 0.6) is 0 Å². The first-order chi connectivity index (χ1) is 14.2. The van der Waals surface area contributed by atoms with Crippen LogP contribution in [0.1, 0.15) is 37.0 Å². The van der Waals surface area contributed by atoms with E-state index in [2.05, 4.69) is 21.9 Å². The van der Waals surface area contributed by atoms with Crippen molar-refractivity contribution in [2.24, 2.45) is 5.92 Å². The molecule has 2 aromatic rings. The van der Waals surface area contributed by atoms with Gasteiger partial charge < -0.3 is 10.2 Å². The Bertz CT molecular complexity index is 979. The zero-order valence-corrected chi connectivity index (χ0v) is 18.1. The van der Waals surface area contributed by atoms with Crippen LogP contribution in [0.3, 0.4) is 0 Å². The van der Waals surface area contributed by atoms with Gasteiger partial charge in [0.15, 0.2) is 0 Å². The minimum absolute atomic E-state index is 0.0195. The predicted octanol–water partition coefficient (Wildman–Crippen LogP) is 3.48. The summed E-state index contributed by atoms with van der Waals surface area (Å²) in [7, 11) is -3.95. The molecule has 2 atom stereocenters. The number of piperidine rings is 1. The Kier molecular flexibility index (Phi) is 7.10. The lowest BCUT2D eigenvalue weighted by Crippen LogP contribution is -2.45. The quantitative estimate of drug-likeness (QED) is 0.701. The van der Waals surface area contributed by atoms with Crippen molar-refractivity contribution in [3.63, 3.8) is 0 Å². The minimum Gasteiger partial charge on any atom is -0.348 e. The number of sulfonamides is 1. The van der Waals surface area contributed by atoms with Gasteiger partial charge in [-0.2, -0.15) is 0 Å². The molecule has 162 valence electrons. The Labute approximate surface area is 177 Å². The number of carbonyl (C=O) groups is 1. The van der Waals surface area contributed by atoms with Gasteiger partial charge in [-0.15, -0.1) is 0 Å². The van der Waals surface area contributed by atoms with Crippen molar-refractivity contribution in [1.82, 2.24) is 10.2 Å². The number of para-hydroxylation sites is 1. The molecule has 0 saturated carbocycles. The van der Waals surface area contributed by atoms with Crippen molar-refractivity contribution in [2.45, 2.75) is 37.6 Å². The van der Waals surface area contributed by atoms with E-state index < -0.39 is 15.8 Å². The number of nitrogens with one attached hydrogen (secondary N) is 2. The second kappa shape index (κ2) is 9.57. The molecule has 1 saturated heterocycles. The van der Waals surface area contributed by atoms with Crippen molar-refractivity contribution in [3.8, 4) is 0 Å². The number of amides is 1. The van der Waals surface area contributed by atoms with E-state index in [9.17, 15) is 17.6 Å². The van der Waals surface area contributed by atoms with Crippen LogP contribution in [0.4, 0.5) is 10.1 Å². The van der Waals surface area contributed by atoms with Crippen LogP contribution in [0.2, 0.25) is 0 Å². The van der Waals surface area contributed by atoms with Crippen LogP contribution in [0, 0.1) is 11.7 Å². The third-order valence-electron chi connectivity index (χ3n) is 5.20. The van der Waals surface area contributed by atoms with Crippen LogP contribution < -0.4 is 10.0 Å². The van der Waals surface area contributed by atoms with Crippen molar-refractivity contribution >= 4 is 21.6 Å². The summed E-state index contributed by atoms with van der Waals surface area (Å²) in [5, 5.41) is 2.97. The Morgan fingerprint density at radius 1 is 1.20 bits per heavy atom. The molecular formula is C22H28FN3O3S. The van der Waals surface area contributed by atoms with Gasteiger partial charge in [0.1, 0.15) is 5.82 Å². The number of hydrogen-bond acceptors (Lipinski definition) is 4. The Morgan fingerprint density at radius 2 is 1.90 bits per heavy atom. The number of nitrogens with zero attached hydrogens (tertiary/aromatic N) is 1. The van der Waals surface area contributed by atoms with Crippen LogP contribution in [0.15, 0.2) is 53.4 Å². The van der Waals surface area contributed by atoms with Gasteiger partial charge in [-0.05, 0) is 68.6 Å². The number of benzene rings is 2. The van der Waals surface area contributed by atoms with E-state index in [1.807, 2.05) is 6.92 Å². The highest BCUT2D eigenvalue weighted by atomic mass is 32.2. The van der Waals surface area contributed by atoms with Gasteiger partial charge >= 0.3 is 0 Å². The third kappa shape index (κ3) is 5.79. The molecule has 8 heteroatoms. The van der Waals surface area contributed by atoms with E-state index in [1.54, 1.807) is 6.07 Å². The number of hydrogen-bond donors (Lipinski definition) is 2. The topological polar surface area (TPSA) is 78.5 Å². The highest BCUT2D eigenvalue weighted by Gasteiger charge is 2.20. The maximum Gasteiger partial charge on any atom is 0.261 e. The molecule has 0 radical (unpaired) electrons. The molecule has 3 rings (SSSR count). The average molecular weight is 434 g/mol. The van der Waals surface area contributed by atoms with Gasteiger partial charge in [0.2, 0.25) is 0 Å². The van der Waals surface area contributed by atoms with Gasteiger partial charge in [-0.1, -0.05) is 19.1 Å². The van der Waals surface area contributed by atoms with Gasteiger partial charge in [-0.3, -0.25) is 9.52 Å². The second-order valence-corrected chi connectivity index (χ2v) is 9.67. The molecular weight excluding hydrogens is 405 g/mol. The molecule has 2 unspecified atom stereocenters. The number of carbonyl (C=O) groups excluding carboxylic acids is 1. The van der Waals surface area contributed by atoms with Gasteiger partial charge in [0, 0.05) is 24.7 Å². The maximum absolute atomic E-state index is 13.7. The lowest BCUT2D eigenvalue weighted by Gasteiger charge is -2.32. The molecule has 0 aliphatic carbocycles. The Morgan fingerprint density at radius 3 is 2.57 bits per heavy atom. The molecule has 0 bridgehead atoms. The first kappa shape index (κ1) is 22.2. The molecule has 1 heterocycles. The SMILES string of the molecule is CC1CCCN(CC(C)NC(=O)c2ccc(S(=O)(=O)Nc3ccccc3F)cc2)C1. The van der Waals surface area contributed by atoms with Gasteiger partial charge in [0.25, 0.3) is 15.9 Å². The number of anilines is 1. The van der Waals surface area contributed by atoms with Crippen molar-refractivity contribution < 1.29 is 17.6 Å². The molecule has 30 heavy (non-hydrogen) atoms. The van der Waals surface area contributed by atoms with Crippen LogP contribution in [-0.4, -0.2) is 44.9 Å². The van der Waals surface area contributed by atoms with Crippen molar-refractivity contribution in [2.75, 3.05) is 24.4 Å². The van der Waals surface area contributed by atoms with Gasteiger partial charge in [0.05, 0.1) is 10.6 Å². The fourth-order valence-corrected chi connectivity index (χ4v) is 4.79. The Balaban J connectivity index is 1.60. The number of rotatable bonds is 7. The fourth-order valence-electron chi connectivity index (χ4n) is 3.73. The number of halogens is 1. The van der Waals surface area contributed by atoms with E-state index in [4.69, 9.17) is 0 Å². The first-order valence-electron chi connectivity index (χ1n) is 10.2. The molecule has 0 spiro atoms. The van der Waals surface area contributed by atoms with E-state index in [0.717, 1.165) is 19.6 Å². The van der Waals surface area contributed by atoms with E-state index in [-0.39, 0.29) is 22.5 Å². The predicted molar refractivity (Wildman–Crippen MR) is 115 cm³/mol. The zero-order valence-electron chi connectivity index (χ0n) is 17.3. The van der Waals surface area contributed by atoms with Crippen LogP contribution in [0.25, 0.3) is 0 Å². The zero-order chi connectivity index (χ0) is 21.7. The first-order valence-corrected chi connectivity index (χ1v) is 11.6. The highest BCUT2D eigenvalue weighted by Crippen LogP contribution is 2.19. The van der Waals surface area contributed by atoms with E-state index >= 15 is 0 Å². The summed E-state index contributed by atoms with van der Waals surface area (Å²) in [6.07, 6.45) is 2.43. The number of likely N-dealkylation sites (tertiary alicyclic amines) is 1. The van der Waals surface area contributed by atoms with E-state index in [0.29, 0.717) is 11.5 Å². The normalized spacial score (nSPS) is 18.6. The lowest BCUT2D eigenvalue weighted by atomic mass is 10.00. The fraction of sp³-hybridized carbons (Fsp3) is 0.409. The Hall–Kier alpha value is -2.45. The summed E-state index contributed by atoms with van der Waals surface area (Å²) in [6, 6.07) is 11.1. The molecule has 2 aromatic carbocycles. The van der Waals surface area contributed by atoms with Crippen LogP contribution >= 0.6 is 0 Å². The largest absolute Gasteiger partial charge is 0.348 e. The maximum atomic E-state index is 13.7. The van der Waals surface area contributed by atoms with Gasteiger partial charge in [-0.25, -0.2) is 12.8 Å². The van der Waals surface area contributed by atoms with Crippen LogP contribution in [-0.2, 0) is 10.0 Å². The molecule has 1 aliphatic heterocycles. The molecule has 1 amide bonds. The molecule has 0 aromatic heterocycles. The molecule has 6 nitrogen and oxygen atoms in total. The third-order valence-corrected chi connectivity index (χ3v) is 6.58. The summed E-state index contributed by atoms with van der Waals surface area (Å²) in [5.74, 6) is -0.234. The molecule has 1 aliphatic rings. The average Bonchev–Trinajstić information content (AvgIpc) is 2.69. The molecule has 1 fully saturated rings. The second-order valence-electron chi connectivity index (χ2n) is 7.99. The summed E-state index contributed by atoms with van der Waals surface area (Å²) in [4.78, 5) is 14.8. The smallest absolute Gasteiger partial charge is 0.261 e. The summed E-state index contributed by atoms with van der Waals surface area (Å²) >= 11 is 0. The van der Waals surface area contributed by atoms with E-state index in [1.165, 1.54) is 55.3 Å². The molecule has 2 N–H and O–H groups in total. The minimum atomic E-state index is -3.95. The lowest BCUT2D eigenvalue weighted by molar-refractivity contribution is 0.0920. The summed E-state index contributed by atoms with van der Waals surface area (Å²) in [6.45, 7) is 7.09. The monoisotopic (exact) mass is 433 g/mol.